The van der Waals surface area contributed by atoms with Gasteiger partial charge < -0.3 is 0 Å². The summed E-state index contributed by atoms with van der Waals surface area (Å²) in [6.07, 6.45) is 4.13. The van der Waals surface area contributed by atoms with Crippen molar-refractivity contribution in [3.63, 3.8) is 0 Å². The van der Waals surface area contributed by atoms with E-state index in [9.17, 15) is 4.79 Å². The Hall–Kier alpha value is -1.12. The summed E-state index contributed by atoms with van der Waals surface area (Å²) in [4.78, 5) is 12.2. The minimum Gasteiger partial charge on any atom is -0.272 e. The molecular weight excluding hydrogens is 200 g/mol. The van der Waals surface area contributed by atoms with Gasteiger partial charge in [0.25, 0.3) is 0 Å². The number of aromatic nitrogens is 2. The van der Waals surface area contributed by atoms with Crippen LogP contribution >= 0.6 is 0 Å². The predicted octanol–water partition coefficient (Wildman–Crippen LogP) is 3.36. The molecule has 90 valence electrons. The van der Waals surface area contributed by atoms with Crippen LogP contribution in [0.5, 0.6) is 0 Å². The van der Waals surface area contributed by atoms with Crippen molar-refractivity contribution in [3.05, 3.63) is 17.5 Å². The Labute approximate surface area is 97.8 Å². The fraction of sp³-hybridized carbons (Fsp3) is 0.692. The van der Waals surface area contributed by atoms with Crippen LogP contribution in [0.1, 0.15) is 55.7 Å². The second-order valence-electron chi connectivity index (χ2n) is 4.42. The largest absolute Gasteiger partial charge is 0.272 e. The Kier molecular flexibility index (Phi) is 4.71. The van der Waals surface area contributed by atoms with Gasteiger partial charge in [-0.2, -0.15) is 5.10 Å². The number of unbranched alkanes of at least 4 members (excludes halogenated alkanes) is 1. The normalized spacial score (nSPS) is 12.8. The smallest absolute Gasteiger partial charge is 0.250 e. The molecule has 0 saturated carbocycles. The highest BCUT2D eigenvalue weighted by molar-refractivity contribution is 5.81. The molecule has 0 bridgehead atoms. The first-order chi connectivity index (χ1) is 7.60. The number of carbonyl (C=O) groups excluding carboxylic acids is 1. The lowest BCUT2D eigenvalue weighted by Crippen LogP contribution is -2.23. The fourth-order valence-electron chi connectivity index (χ4n) is 1.98. The van der Waals surface area contributed by atoms with E-state index in [1.807, 2.05) is 19.9 Å². The van der Waals surface area contributed by atoms with Crippen LogP contribution in [0.3, 0.4) is 0 Å². The molecule has 0 spiro atoms. The van der Waals surface area contributed by atoms with Crippen molar-refractivity contribution in [2.75, 3.05) is 0 Å². The molecule has 0 radical (unpaired) electrons. The van der Waals surface area contributed by atoms with Crippen LogP contribution in [0.25, 0.3) is 0 Å². The summed E-state index contributed by atoms with van der Waals surface area (Å²) in [7, 11) is 0. The topological polar surface area (TPSA) is 34.9 Å². The maximum Gasteiger partial charge on any atom is 0.250 e. The molecule has 0 aliphatic rings. The van der Waals surface area contributed by atoms with E-state index in [0.29, 0.717) is 0 Å². The molecule has 1 rings (SSSR count). The van der Waals surface area contributed by atoms with E-state index in [0.717, 1.165) is 37.1 Å². The van der Waals surface area contributed by atoms with Crippen molar-refractivity contribution < 1.29 is 4.79 Å². The molecule has 0 aliphatic carbocycles. The van der Waals surface area contributed by atoms with Crippen LogP contribution in [0.15, 0.2) is 6.07 Å². The van der Waals surface area contributed by atoms with Crippen LogP contribution in [-0.4, -0.2) is 15.7 Å². The summed E-state index contributed by atoms with van der Waals surface area (Å²) in [5.41, 5.74) is 1.86. The van der Waals surface area contributed by atoms with E-state index in [4.69, 9.17) is 0 Å². The van der Waals surface area contributed by atoms with E-state index in [1.54, 1.807) is 4.68 Å². The molecule has 0 aromatic carbocycles. The molecule has 1 aromatic heterocycles. The zero-order valence-corrected chi connectivity index (χ0v) is 10.8. The minimum absolute atomic E-state index is 0.123. The second-order valence-corrected chi connectivity index (χ2v) is 4.42. The van der Waals surface area contributed by atoms with Gasteiger partial charge in [-0.1, -0.05) is 26.7 Å². The highest BCUT2D eigenvalue weighted by Crippen LogP contribution is 2.16. The predicted molar refractivity (Wildman–Crippen MR) is 65.6 cm³/mol. The first-order valence-electron chi connectivity index (χ1n) is 6.17. The molecule has 3 nitrogen and oxygen atoms in total. The van der Waals surface area contributed by atoms with Crippen LogP contribution in [-0.2, 0) is 0 Å². The quantitative estimate of drug-likeness (QED) is 0.765. The molecular formula is C13H22N2O. The third-order valence-corrected chi connectivity index (χ3v) is 2.97. The number of aryl methyl sites for hydroxylation is 2. The van der Waals surface area contributed by atoms with Crippen LogP contribution in [0.4, 0.5) is 0 Å². The van der Waals surface area contributed by atoms with Gasteiger partial charge >= 0.3 is 0 Å². The Morgan fingerprint density at radius 3 is 2.56 bits per heavy atom. The Morgan fingerprint density at radius 2 is 2.12 bits per heavy atom. The van der Waals surface area contributed by atoms with E-state index in [2.05, 4.69) is 18.9 Å². The molecule has 3 heteroatoms. The molecule has 0 N–H and O–H groups in total. The van der Waals surface area contributed by atoms with Crippen molar-refractivity contribution in [1.29, 1.82) is 0 Å². The zero-order valence-electron chi connectivity index (χ0n) is 10.8. The van der Waals surface area contributed by atoms with Crippen LogP contribution in [0.2, 0.25) is 0 Å². The van der Waals surface area contributed by atoms with E-state index in [1.165, 1.54) is 0 Å². The third kappa shape index (κ3) is 2.94. The van der Waals surface area contributed by atoms with Crippen LogP contribution in [0, 0.1) is 19.8 Å². The average molecular weight is 222 g/mol. The summed E-state index contributed by atoms with van der Waals surface area (Å²) in [6.45, 7) is 8.08. The standard InChI is InChI=1S/C13H22N2O/c1-5-7-8-12(6-2)13(16)15-11(4)9-10(3)14-15/h9,12H,5-8H2,1-4H3/t12-/m1/s1. The van der Waals surface area contributed by atoms with Gasteiger partial charge in [0, 0.05) is 11.6 Å². The SMILES string of the molecule is CCCC[C@@H](CC)C(=O)n1nc(C)cc1C. The van der Waals surface area contributed by atoms with E-state index in [-0.39, 0.29) is 11.8 Å². The molecule has 16 heavy (non-hydrogen) atoms. The lowest BCUT2D eigenvalue weighted by atomic mass is 9.98. The third-order valence-electron chi connectivity index (χ3n) is 2.97. The first-order valence-corrected chi connectivity index (χ1v) is 6.17. The molecule has 0 fully saturated rings. The van der Waals surface area contributed by atoms with Gasteiger partial charge in [-0.15, -0.1) is 0 Å². The van der Waals surface area contributed by atoms with Crippen molar-refractivity contribution in [1.82, 2.24) is 9.78 Å². The van der Waals surface area contributed by atoms with Gasteiger partial charge in [0.2, 0.25) is 5.91 Å². The fourth-order valence-corrected chi connectivity index (χ4v) is 1.98. The molecule has 0 aliphatic heterocycles. The maximum absolute atomic E-state index is 12.2. The van der Waals surface area contributed by atoms with Gasteiger partial charge in [0.1, 0.15) is 0 Å². The van der Waals surface area contributed by atoms with Gasteiger partial charge in [-0.25, -0.2) is 4.68 Å². The molecule has 1 heterocycles. The summed E-state index contributed by atoms with van der Waals surface area (Å²) >= 11 is 0. The minimum atomic E-state index is 0.123. The number of hydrogen-bond acceptors (Lipinski definition) is 2. The Bertz CT molecular complexity index is 355. The van der Waals surface area contributed by atoms with E-state index >= 15 is 0 Å². The maximum atomic E-state index is 12.2. The number of carbonyl (C=O) groups is 1. The van der Waals surface area contributed by atoms with Crippen LogP contribution < -0.4 is 0 Å². The number of nitrogens with zero attached hydrogens (tertiary/aromatic N) is 2. The monoisotopic (exact) mass is 222 g/mol. The van der Waals surface area contributed by atoms with Crippen molar-refractivity contribution in [2.45, 2.75) is 53.4 Å². The average Bonchev–Trinajstić information content (AvgIpc) is 2.58. The van der Waals surface area contributed by atoms with Crippen molar-refractivity contribution in [3.8, 4) is 0 Å². The summed E-state index contributed by atoms with van der Waals surface area (Å²) in [5, 5.41) is 4.25. The van der Waals surface area contributed by atoms with Gasteiger partial charge in [0.15, 0.2) is 0 Å². The van der Waals surface area contributed by atoms with Gasteiger partial charge in [0.05, 0.1) is 5.69 Å². The Balaban J connectivity index is 2.78. The first kappa shape index (κ1) is 12.9. The lowest BCUT2D eigenvalue weighted by molar-refractivity contribution is 0.0801. The highest BCUT2D eigenvalue weighted by Gasteiger charge is 2.19. The molecule has 1 aromatic rings. The second kappa shape index (κ2) is 5.83. The molecule has 1 atom stereocenters. The van der Waals surface area contributed by atoms with E-state index < -0.39 is 0 Å². The van der Waals surface area contributed by atoms with Crippen molar-refractivity contribution >= 4 is 5.91 Å². The Morgan fingerprint density at radius 1 is 1.44 bits per heavy atom. The summed E-state index contributed by atoms with van der Waals surface area (Å²) in [6, 6.07) is 1.95. The summed E-state index contributed by atoms with van der Waals surface area (Å²) < 4.78 is 1.57. The number of hydrogen-bond donors (Lipinski definition) is 0. The summed E-state index contributed by atoms with van der Waals surface area (Å²) in [5.74, 6) is 0.277. The molecule has 0 amide bonds. The highest BCUT2D eigenvalue weighted by atomic mass is 16.2. The van der Waals surface area contributed by atoms with Gasteiger partial charge in [-0.3, -0.25) is 4.79 Å². The lowest BCUT2D eigenvalue weighted by Gasteiger charge is -2.13. The number of rotatable bonds is 5. The van der Waals surface area contributed by atoms with Crippen molar-refractivity contribution in [2.24, 2.45) is 5.92 Å². The van der Waals surface area contributed by atoms with Gasteiger partial charge in [-0.05, 0) is 32.8 Å². The zero-order chi connectivity index (χ0) is 12.1. The molecule has 0 unspecified atom stereocenters. The molecule has 0 saturated heterocycles.